The maximum Gasteiger partial charge on any atom is 0.208 e. The lowest BCUT2D eigenvalue weighted by molar-refractivity contribution is 0.570. The van der Waals surface area contributed by atoms with Gasteiger partial charge in [-0.3, -0.25) is 0 Å². The van der Waals surface area contributed by atoms with Gasteiger partial charge in [0.15, 0.2) is 0 Å². The molecule has 0 aromatic carbocycles. The largest absolute Gasteiger partial charge is 0.369 e. The number of unbranched alkanes of at least 4 members (excludes halogenated alkanes) is 6. The molecule has 0 saturated heterocycles. The lowest BCUT2D eigenvalue weighted by Gasteiger charge is -2.01. The summed E-state index contributed by atoms with van der Waals surface area (Å²) in [6.45, 7) is 3.10. The second-order valence-electron chi connectivity index (χ2n) is 3.57. The van der Waals surface area contributed by atoms with E-state index in [1.165, 1.54) is 38.5 Å². The van der Waals surface area contributed by atoms with Crippen LogP contribution in [0.15, 0.2) is 5.10 Å². The molecule has 0 unspecified atom stereocenters. The summed E-state index contributed by atoms with van der Waals surface area (Å²) in [5.41, 5.74) is 13.1. The Morgan fingerprint density at radius 2 is 1.57 bits per heavy atom. The van der Waals surface area contributed by atoms with Crippen molar-refractivity contribution in [3.8, 4) is 0 Å². The van der Waals surface area contributed by atoms with E-state index in [4.69, 9.17) is 11.5 Å². The lowest BCUT2D eigenvalue weighted by Crippen LogP contribution is -2.26. The summed E-state index contributed by atoms with van der Waals surface area (Å²) >= 11 is 0. The first-order valence-electron chi connectivity index (χ1n) is 5.59. The van der Waals surface area contributed by atoms with Crippen molar-refractivity contribution in [3.05, 3.63) is 0 Å². The smallest absolute Gasteiger partial charge is 0.208 e. The van der Waals surface area contributed by atoms with Crippen molar-refractivity contribution < 1.29 is 0 Å². The van der Waals surface area contributed by atoms with E-state index in [-0.39, 0.29) is 5.96 Å². The normalized spacial score (nSPS) is 9.79. The Balaban J connectivity index is 2.96. The van der Waals surface area contributed by atoms with Crippen molar-refractivity contribution in [2.24, 2.45) is 16.6 Å². The van der Waals surface area contributed by atoms with Crippen LogP contribution < -0.4 is 16.9 Å². The molecule has 0 aromatic rings. The minimum absolute atomic E-state index is 0.105. The molecule has 84 valence electrons. The topological polar surface area (TPSA) is 76.4 Å². The first kappa shape index (κ1) is 13.1. The molecule has 4 nitrogen and oxygen atoms in total. The third-order valence-corrected chi connectivity index (χ3v) is 2.10. The van der Waals surface area contributed by atoms with E-state index in [0.717, 1.165) is 13.0 Å². The van der Waals surface area contributed by atoms with Crippen molar-refractivity contribution in [1.82, 2.24) is 5.43 Å². The van der Waals surface area contributed by atoms with Crippen LogP contribution in [-0.2, 0) is 0 Å². The van der Waals surface area contributed by atoms with Gasteiger partial charge in [0, 0.05) is 6.54 Å². The van der Waals surface area contributed by atoms with Crippen LogP contribution in [0.25, 0.3) is 0 Å². The molecular weight excluding hydrogens is 176 g/mol. The molecule has 0 bridgehead atoms. The van der Waals surface area contributed by atoms with Crippen LogP contribution in [0.5, 0.6) is 0 Å². The fourth-order valence-corrected chi connectivity index (χ4v) is 1.31. The Kier molecular flexibility index (Phi) is 9.48. The second-order valence-corrected chi connectivity index (χ2v) is 3.57. The van der Waals surface area contributed by atoms with Crippen LogP contribution in [0.2, 0.25) is 0 Å². The van der Waals surface area contributed by atoms with E-state index in [1.54, 1.807) is 0 Å². The van der Waals surface area contributed by atoms with Crippen LogP contribution >= 0.6 is 0 Å². The SMILES string of the molecule is CCCCCCCCCNN=C(N)N. The van der Waals surface area contributed by atoms with Gasteiger partial charge < -0.3 is 16.9 Å². The maximum absolute atomic E-state index is 5.15. The van der Waals surface area contributed by atoms with Crippen LogP contribution in [0.4, 0.5) is 0 Å². The molecule has 0 aromatic heterocycles. The number of guanidine groups is 1. The molecule has 5 N–H and O–H groups in total. The van der Waals surface area contributed by atoms with Gasteiger partial charge in [-0.15, -0.1) is 5.10 Å². The zero-order valence-electron chi connectivity index (χ0n) is 9.26. The highest BCUT2D eigenvalue weighted by Gasteiger charge is 1.89. The molecule has 0 aliphatic heterocycles. The van der Waals surface area contributed by atoms with Gasteiger partial charge in [0.2, 0.25) is 5.96 Å². The van der Waals surface area contributed by atoms with Gasteiger partial charge >= 0.3 is 0 Å². The zero-order valence-corrected chi connectivity index (χ0v) is 9.26. The molecule has 14 heavy (non-hydrogen) atoms. The molecule has 0 radical (unpaired) electrons. The molecule has 0 aliphatic carbocycles. The van der Waals surface area contributed by atoms with Crippen molar-refractivity contribution in [2.45, 2.75) is 51.9 Å². The Morgan fingerprint density at radius 3 is 2.14 bits per heavy atom. The number of hydrogen-bond donors (Lipinski definition) is 3. The highest BCUT2D eigenvalue weighted by atomic mass is 15.3. The molecule has 0 aliphatic rings. The molecular formula is C10H24N4. The van der Waals surface area contributed by atoms with Gasteiger partial charge in [0.05, 0.1) is 0 Å². The van der Waals surface area contributed by atoms with E-state index in [0.29, 0.717) is 0 Å². The van der Waals surface area contributed by atoms with Crippen molar-refractivity contribution in [2.75, 3.05) is 6.54 Å². The standard InChI is InChI=1S/C10H24N4/c1-2-3-4-5-6-7-8-9-13-14-10(11)12/h13H,2-9H2,1H3,(H4,11,12,14). The van der Waals surface area contributed by atoms with Crippen molar-refractivity contribution >= 4 is 5.96 Å². The summed E-state index contributed by atoms with van der Waals surface area (Å²) in [6.07, 6.45) is 9.13. The van der Waals surface area contributed by atoms with Gasteiger partial charge in [-0.2, -0.15) is 0 Å². The van der Waals surface area contributed by atoms with Gasteiger partial charge in [0.1, 0.15) is 0 Å². The molecule has 0 saturated carbocycles. The highest BCUT2D eigenvalue weighted by molar-refractivity contribution is 5.75. The van der Waals surface area contributed by atoms with Gasteiger partial charge in [-0.25, -0.2) is 0 Å². The predicted molar refractivity (Wildman–Crippen MR) is 61.8 cm³/mol. The van der Waals surface area contributed by atoms with E-state index >= 15 is 0 Å². The summed E-state index contributed by atoms with van der Waals surface area (Å²) in [7, 11) is 0. The quantitative estimate of drug-likeness (QED) is 0.228. The zero-order chi connectivity index (χ0) is 10.6. The number of nitrogens with two attached hydrogens (primary N) is 2. The van der Waals surface area contributed by atoms with Crippen molar-refractivity contribution in [3.63, 3.8) is 0 Å². The number of hydrazone groups is 1. The minimum Gasteiger partial charge on any atom is -0.369 e. The van der Waals surface area contributed by atoms with E-state index in [9.17, 15) is 0 Å². The molecule has 0 heterocycles. The molecule has 0 rings (SSSR count). The number of hydrogen-bond acceptors (Lipinski definition) is 2. The van der Waals surface area contributed by atoms with E-state index in [1.807, 2.05) is 0 Å². The van der Waals surface area contributed by atoms with Gasteiger partial charge in [-0.05, 0) is 6.42 Å². The molecule has 0 amide bonds. The number of rotatable bonds is 9. The van der Waals surface area contributed by atoms with Crippen LogP contribution in [0.1, 0.15) is 51.9 Å². The summed E-state index contributed by atoms with van der Waals surface area (Å²) < 4.78 is 0. The van der Waals surface area contributed by atoms with Gasteiger partial charge in [-0.1, -0.05) is 45.4 Å². The fraction of sp³-hybridized carbons (Fsp3) is 0.900. The molecule has 0 spiro atoms. The third-order valence-electron chi connectivity index (χ3n) is 2.10. The Hall–Kier alpha value is -0.930. The highest BCUT2D eigenvalue weighted by Crippen LogP contribution is 2.05. The third kappa shape index (κ3) is 11.1. The van der Waals surface area contributed by atoms with E-state index < -0.39 is 0 Å². The monoisotopic (exact) mass is 200 g/mol. The second kappa shape index (κ2) is 10.2. The van der Waals surface area contributed by atoms with Gasteiger partial charge in [0.25, 0.3) is 0 Å². The van der Waals surface area contributed by atoms with Crippen LogP contribution in [0, 0.1) is 0 Å². The van der Waals surface area contributed by atoms with Crippen LogP contribution in [0.3, 0.4) is 0 Å². The number of nitrogens with zero attached hydrogens (tertiary/aromatic N) is 1. The Labute approximate surface area is 87.1 Å². The summed E-state index contributed by atoms with van der Waals surface area (Å²) in [5.74, 6) is 0.105. The lowest BCUT2D eigenvalue weighted by atomic mass is 10.1. The van der Waals surface area contributed by atoms with E-state index in [2.05, 4.69) is 17.5 Å². The fourth-order valence-electron chi connectivity index (χ4n) is 1.31. The van der Waals surface area contributed by atoms with Crippen LogP contribution in [-0.4, -0.2) is 12.5 Å². The number of nitrogens with one attached hydrogen (secondary N) is 1. The molecule has 0 fully saturated rings. The first-order valence-corrected chi connectivity index (χ1v) is 5.59. The average molecular weight is 200 g/mol. The predicted octanol–water partition coefficient (Wildman–Crippen LogP) is 1.51. The average Bonchev–Trinajstić information content (AvgIpc) is 2.15. The van der Waals surface area contributed by atoms with Crippen molar-refractivity contribution in [1.29, 1.82) is 0 Å². The Bertz CT molecular complexity index is 141. The molecule has 4 heteroatoms. The maximum atomic E-state index is 5.15. The molecule has 0 atom stereocenters. The summed E-state index contributed by atoms with van der Waals surface area (Å²) in [6, 6.07) is 0. The Morgan fingerprint density at radius 1 is 1.00 bits per heavy atom. The summed E-state index contributed by atoms with van der Waals surface area (Å²) in [4.78, 5) is 0. The summed E-state index contributed by atoms with van der Waals surface area (Å²) in [5, 5.41) is 3.69. The first-order chi connectivity index (χ1) is 6.77. The minimum atomic E-state index is 0.105.